The van der Waals surface area contributed by atoms with Crippen LogP contribution in [0.25, 0.3) is 0 Å². The van der Waals surface area contributed by atoms with Gasteiger partial charge in [0.2, 0.25) is 19.7 Å². The van der Waals surface area contributed by atoms with E-state index in [1.54, 1.807) is 54.6 Å². The quantitative estimate of drug-likeness (QED) is 0.365. The van der Waals surface area contributed by atoms with Crippen LogP contribution in [0.5, 0.6) is 0 Å². The summed E-state index contributed by atoms with van der Waals surface area (Å²) in [7, 11) is -7.80. The molecule has 0 saturated heterocycles. The van der Waals surface area contributed by atoms with Crippen molar-refractivity contribution in [1.82, 2.24) is 0 Å². The van der Waals surface area contributed by atoms with E-state index in [-0.39, 0.29) is 19.6 Å². The predicted molar refractivity (Wildman–Crippen MR) is 129 cm³/mol. The minimum atomic E-state index is -3.91. The SMILES string of the molecule is Cc1ccc(Cc2cc(S(=O)(=O)c3ccccc3)cc(S(=O)(=O)c3ccc(C)cc3)c2)cc1. The van der Waals surface area contributed by atoms with E-state index in [2.05, 4.69) is 0 Å². The fourth-order valence-electron chi connectivity index (χ4n) is 3.57. The van der Waals surface area contributed by atoms with Crippen molar-refractivity contribution in [3.05, 3.63) is 119 Å². The molecule has 0 heterocycles. The highest BCUT2D eigenvalue weighted by Gasteiger charge is 2.24. The summed E-state index contributed by atoms with van der Waals surface area (Å²) in [4.78, 5) is 0.175. The maximum absolute atomic E-state index is 13.4. The Labute approximate surface area is 195 Å². The van der Waals surface area contributed by atoms with Crippen LogP contribution in [0.1, 0.15) is 22.3 Å². The van der Waals surface area contributed by atoms with Gasteiger partial charge in [-0.05, 0) is 73.9 Å². The van der Waals surface area contributed by atoms with Gasteiger partial charge >= 0.3 is 0 Å². The lowest BCUT2D eigenvalue weighted by atomic mass is 10.0. The minimum absolute atomic E-state index is 0.0366. The summed E-state index contributed by atoms with van der Waals surface area (Å²) in [6, 6.07) is 26.9. The highest BCUT2D eigenvalue weighted by Crippen LogP contribution is 2.29. The van der Waals surface area contributed by atoms with Gasteiger partial charge in [-0.15, -0.1) is 0 Å². The van der Waals surface area contributed by atoms with Gasteiger partial charge in [0.1, 0.15) is 0 Å². The lowest BCUT2D eigenvalue weighted by Crippen LogP contribution is -2.08. The lowest BCUT2D eigenvalue weighted by Gasteiger charge is -2.12. The summed E-state index contributed by atoms with van der Waals surface area (Å²) < 4.78 is 53.5. The molecule has 0 aliphatic rings. The van der Waals surface area contributed by atoms with E-state index in [0.717, 1.165) is 16.7 Å². The molecule has 0 atom stereocenters. The molecule has 4 aromatic rings. The molecule has 0 aliphatic carbocycles. The van der Waals surface area contributed by atoms with Gasteiger partial charge in [-0.25, -0.2) is 16.8 Å². The van der Waals surface area contributed by atoms with E-state index in [0.29, 0.717) is 12.0 Å². The van der Waals surface area contributed by atoms with E-state index in [1.807, 2.05) is 38.1 Å². The van der Waals surface area contributed by atoms with Crippen molar-refractivity contribution in [2.24, 2.45) is 0 Å². The average molecular weight is 477 g/mol. The van der Waals surface area contributed by atoms with Crippen LogP contribution >= 0.6 is 0 Å². The van der Waals surface area contributed by atoms with Crippen LogP contribution in [0.2, 0.25) is 0 Å². The number of benzene rings is 4. The highest BCUT2D eigenvalue weighted by atomic mass is 32.2. The Morgan fingerprint density at radius 2 is 0.939 bits per heavy atom. The third-order valence-electron chi connectivity index (χ3n) is 5.47. The molecule has 0 amide bonds. The Morgan fingerprint density at radius 3 is 1.45 bits per heavy atom. The molecule has 33 heavy (non-hydrogen) atoms. The number of rotatable bonds is 6. The second kappa shape index (κ2) is 8.96. The standard InChI is InChI=1S/C27H24O4S2/c1-20-8-12-22(13-9-20)16-23-17-26(32(28,29)24-6-4-3-5-7-24)19-27(18-23)33(30,31)25-14-10-21(2)11-15-25/h3-15,17-19H,16H2,1-2H3. The molecule has 4 nitrogen and oxygen atoms in total. The normalized spacial score (nSPS) is 11.9. The van der Waals surface area contributed by atoms with Gasteiger partial charge in [0.25, 0.3) is 0 Å². The molecule has 0 spiro atoms. The molecule has 0 saturated carbocycles. The Morgan fingerprint density at radius 1 is 0.485 bits per heavy atom. The largest absolute Gasteiger partial charge is 0.219 e. The van der Waals surface area contributed by atoms with Gasteiger partial charge < -0.3 is 0 Å². The van der Waals surface area contributed by atoms with E-state index in [1.165, 1.54) is 18.2 Å². The Balaban J connectivity index is 1.88. The zero-order valence-electron chi connectivity index (χ0n) is 18.4. The topological polar surface area (TPSA) is 68.3 Å². The summed E-state index contributed by atoms with van der Waals surface area (Å²) in [5.74, 6) is 0. The molecule has 0 unspecified atom stereocenters. The Bertz CT molecular complexity index is 1490. The molecule has 4 rings (SSSR count). The molecule has 0 bridgehead atoms. The second-order valence-electron chi connectivity index (χ2n) is 8.11. The van der Waals surface area contributed by atoms with Gasteiger partial charge in [-0.3, -0.25) is 0 Å². The summed E-state index contributed by atoms with van der Waals surface area (Å²) in [6.07, 6.45) is 0.412. The number of hydrogen-bond donors (Lipinski definition) is 0. The zero-order chi connectivity index (χ0) is 23.6. The van der Waals surface area contributed by atoms with Crippen molar-refractivity contribution >= 4 is 19.7 Å². The monoisotopic (exact) mass is 476 g/mol. The predicted octanol–water partition coefficient (Wildman–Crippen LogP) is 5.56. The van der Waals surface area contributed by atoms with Crippen LogP contribution in [-0.4, -0.2) is 16.8 Å². The fourth-order valence-corrected chi connectivity index (χ4v) is 6.38. The van der Waals surface area contributed by atoms with E-state index in [4.69, 9.17) is 0 Å². The Kier molecular flexibility index (Phi) is 6.23. The van der Waals surface area contributed by atoms with Crippen molar-refractivity contribution in [3.63, 3.8) is 0 Å². The molecule has 168 valence electrons. The number of sulfone groups is 2. The number of hydrogen-bond acceptors (Lipinski definition) is 4. The van der Waals surface area contributed by atoms with E-state index >= 15 is 0 Å². The zero-order valence-corrected chi connectivity index (χ0v) is 20.0. The maximum atomic E-state index is 13.4. The molecule has 0 N–H and O–H groups in total. The minimum Gasteiger partial charge on any atom is -0.219 e. The van der Waals surface area contributed by atoms with E-state index < -0.39 is 19.7 Å². The molecule has 0 aliphatic heterocycles. The van der Waals surface area contributed by atoms with Gasteiger partial charge in [-0.1, -0.05) is 65.7 Å². The summed E-state index contributed by atoms with van der Waals surface area (Å²) in [5, 5.41) is 0. The Hall–Kier alpha value is -3.22. The van der Waals surface area contributed by atoms with Crippen LogP contribution in [-0.2, 0) is 26.1 Å². The lowest BCUT2D eigenvalue weighted by molar-refractivity contribution is 0.593. The van der Waals surface area contributed by atoms with Gasteiger partial charge in [0.05, 0.1) is 19.6 Å². The molecule has 4 aromatic carbocycles. The van der Waals surface area contributed by atoms with Gasteiger partial charge in [-0.2, -0.15) is 0 Å². The van der Waals surface area contributed by atoms with Crippen LogP contribution in [0.3, 0.4) is 0 Å². The van der Waals surface area contributed by atoms with Crippen molar-refractivity contribution in [2.75, 3.05) is 0 Å². The molecular formula is C27H24O4S2. The number of aryl methyl sites for hydroxylation is 2. The van der Waals surface area contributed by atoms with Crippen molar-refractivity contribution in [1.29, 1.82) is 0 Å². The summed E-state index contributed by atoms with van der Waals surface area (Å²) >= 11 is 0. The highest BCUT2D eigenvalue weighted by molar-refractivity contribution is 7.92. The van der Waals surface area contributed by atoms with Crippen LogP contribution < -0.4 is 0 Å². The fraction of sp³-hybridized carbons (Fsp3) is 0.111. The van der Waals surface area contributed by atoms with Gasteiger partial charge in [0.15, 0.2) is 0 Å². The molecule has 6 heteroatoms. The smallest absolute Gasteiger partial charge is 0.206 e. The average Bonchev–Trinajstić information content (AvgIpc) is 2.81. The van der Waals surface area contributed by atoms with Gasteiger partial charge in [0, 0.05) is 0 Å². The van der Waals surface area contributed by atoms with Crippen molar-refractivity contribution in [2.45, 2.75) is 39.9 Å². The summed E-state index contributed by atoms with van der Waals surface area (Å²) in [6.45, 7) is 3.87. The van der Waals surface area contributed by atoms with Crippen LogP contribution in [0.4, 0.5) is 0 Å². The van der Waals surface area contributed by atoms with Crippen LogP contribution in [0, 0.1) is 13.8 Å². The maximum Gasteiger partial charge on any atom is 0.206 e. The molecule has 0 aromatic heterocycles. The first-order valence-corrected chi connectivity index (χ1v) is 13.4. The first kappa shape index (κ1) is 23.0. The second-order valence-corrected chi connectivity index (χ2v) is 12.0. The first-order chi connectivity index (χ1) is 15.7. The van der Waals surface area contributed by atoms with Crippen molar-refractivity contribution in [3.8, 4) is 0 Å². The third-order valence-corrected chi connectivity index (χ3v) is 8.97. The summed E-state index contributed by atoms with van der Waals surface area (Å²) in [5.41, 5.74) is 3.63. The molecule has 0 radical (unpaired) electrons. The van der Waals surface area contributed by atoms with E-state index in [9.17, 15) is 16.8 Å². The van der Waals surface area contributed by atoms with Crippen molar-refractivity contribution < 1.29 is 16.8 Å². The molecule has 0 fully saturated rings. The first-order valence-electron chi connectivity index (χ1n) is 10.5. The molecular weight excluding hydrogens is 452 g/mol. The van der Waals surface area contributed by atoms with Crippen LogP contribution in [0.15, 0.2) is 117 Å². The third kappa shape index (κ3) is 4.92.